The van der Waals surface area contributed by atoms with E-state index in [0.717, 1.165) is 19.6 Å². The Bertz CT molecular complexity index is 531. The maximum atomic E-state index is 11.7. The van der Waals surface area contributed by atoms with Crippen molar-refractivity contribution in [3.8, 4) is 0 Å². The van der Waals surface area contributed by atoms with E-state index in [1.807, 2.05) is 0 Å². The zero-order valence-corrected chi connectivity index (χ0v) is 12.5. The van der Waals surface area contributed by atoms with Gasteiger partial charge in [-0.25, -0.2) is 8.42 Å². The molecule has 0 spiro atoms. The molecule has 7 nitrogen and oxygen atoms in total. The van der Waals surface area contributed by atoms with Crippen molar-refractivity contribution in [1.29, 1.82) is 0 Å². The monoisotopic (exact) mass is 287 g/mol. The van der Waals surface area contributed by atoms with Gasteiger partial charge in [-0.1, -0.05) is 0 Å². The number of sulfone groups is 1. The Morgan fingerprint density at radius 2 is 1.84 bits per heavy atom. The smallest absolute Gasteiger partial charge is 0.195 e. The minimum Gasteiger partial charge on any atom is -0.301 e. The Hall–Kier alpha value is -1.02. The van der Waals surface area contributed by atoms with Crippen LogP contribution in [0.15, 0.2) is 0 Å². The largest absolute Gasteiger partial charge is 0.301 e. The first kappa shape index (κ1) is 14.4. The summed E-state index contributed by atoms with van der Waals surface area (Å²) in [6, 6.07) is 0. The molecule has 0 atom stereocenters. The molecule has 108 valence electrons. The molecule has 19 heavy (non-hydrogen) atoms. The molecule has 1 saturated heterocycles. The van der Waals surface area contributed by atoms with Crippen LogP contribution >= 0.6 is 0 Å². The Morgan fingerprint density at radius 1 is 1.21 bits per heavy atom. The van der Waals surface area contributed by atoms with Crippen molar-refractivity contribution >= 4 is 9.84 Å². The highest BCUT2D eigenvalue weighted by molar-refractivity contribution is 7.91. The molecule has 8 heteroatoms. The van der Waals surface area contributed by atoms with Gasteiger partial charge in [0.25, 0.3) is 0 Å². The number of rotatable bonds is 5. The topological polar surface area (TPSA) is 81.0 Å². The van der Waals surface area contributed by atoms with Crippen LogP contribution in [0, 0.1) is 0 Å². The van der Waals surface area contributed by atoms with Crippen LogP contribution in [0.2, 0.25) is 0 Å². The number of hydrogen-bond acceptors (Lipinski definition) is 6. The molecule has 0 aromatic carbocycles. The lowest BCUT2D eigenvalue weighted by atomic mass is 10.2. The second-order valence-electron chi connectivity index (χ2n) is 5.54. The van der Waals surface area contributed by atoms with E-state index in [0.29, 0.717) is 6.54 Å². The second-order valence-corrected chi connectivity index (χ2v) is 8.11. The quantitative estimate of drug-likeness (QED) is 0.761. The molecule has 1 aliphatic heterocycles. The molecule has 2 heterocycles. The van der Waals surface area contributed by atoms with Crippen molar-refractivity contribution in [3.63, 3.8) is 0 Å². The lowest BCUT2D eigenvalue weighted by Crippen LogP contribution is -2.30. The molecule has 2 rings (SSSR count). The van der Waals surface area contributed by atoms with Crippen molar-refractivity contribution in [3.05, 3.63) is 5.82 Å². The Labute approximate surface area is 113 Å². The summed E-state index contributed by atoms with van der Waals surface area (Å²) < 4.78 is 22.3. The SMILES string of the molecule is CC(C)(c1nnn(CCN2CCCC2)n1)S(C)(=O)=O. The molecule has 0 N–H and O–H groups in total. The average molecular weight is 287 g/mol. The summed E-state index contributed by atoms with van der Waals surface area (Å²) in [5, 5.41) is 12.0. The highest BCUT2D eigenvalue weighted by atomic mass is 32.2. The maximum Gasteiger partial charge on any atom is 0.195 e. The third-order valence-corrected chi connectivity index (χ3v) is 5.77. The normalized spacial score (nSPS) is 18.1. The van der Waals surface area contributed by atoms with E-state index in [9.17, 15) is 8.42 Å². The van der Waals surface area contributed by atoms with Crippen molar-refractivity contribution < 1.29 is 8.42 Å². The third-order valence-electron chi connectivity index (χ3n) is 3.73. The molecule has 0 unspecified atom stereocenters. The molecule has 0 radical (unpaired) electrons. The fourth-order valence-electron chi connectivity index (χ4n) is 1.98. The number of nitrogens with zero attached hydrogens (tertiary/aromatic N) is 5. The van der Waals surface area contributed by atoms with Crippen LogP contribution in [0.4, 0.5) is 0 Å². The molecular formula is C11H21N5O2S. The van der Waals surface area contributed by atoms with E-state index in [-0.39, 0.29) is 5.82 Å². The maximum absolute atomic E-state index is 11.7. The molecule has 1 aromatic heterocycles. The molecular weight excluding hydrogens is 266 g/mol. The lowest BCUT2D eigenvalue weighted by Gasteiger charge is -2.17. The van der Waals surface area contributed by atoms with E-state index < -0.39 is 14.6 Å². The first-order chi connectivity index (χ1) is 8.80. The van der Waals surface area contributed by atoms with E-state index >= 15 is 0 Å². The molecule has 0 aliphatic carbocycles. The van der Waals surface area contributed by atoms with Gasteiger partial charge in [0.15, 0.2) is 15.7 Å². The van der Waals surface area contributed by atoms with Crippen molar-refractivity contribution in [2.45, 2.75) is 38.0 Å². The van der Waals surface area contributed by atoms with Gasteiger partial charge < -0.3 is 4.90 Å². The van der Waals surface area contributed by atoms with Crippen LogP contribution in [-0.2, 0) is 21.1 Å². The molecule has 1 aliphatic rings. The highest BCUT2D eigenvalue weighted by Gasteiger charge is 2.37. The lowest BCUT2D eigenvalue weighted by molar-refractivity contribution is 0.304. The van der Waals surface area contributed by atoms with Crippen LogP contribution in [0.1, 0.15) is 32.5 Å². The van der Waals surface area contributed by atoms with E-state index in [1.54, 1.807) is 13.8 Å². The van der Waals surface area contributed by atoms with Gasteiger partial charge in [0.2, 0.25) is 0 Å². The van der Waals surface area contributed by atoms with Gasteiger partial charge in [-0.05, 0) is 45.0 Å². The average Bonchev–Trinajstić information content (AvgIpc) is 2.96. The summed E-state index contributed by atoms with van der Waals surface area (Å²) >= 11 is 0. The third kappa shape index (κ3) is 3.11. The first-order valence-electron chi connectivity index (χ1n) is 6.51. The number of likely N-dealkylation sites (tertiary alicyclic amines) is 1. The summed E-state index contributed by atoms with van der Waals surface area (Å²) in [6.07, 6.45) is 3.69. The summed E-state index contributed by atoms with van der Waals surface area (Å²) in [5.41, 5.74) is 0. The zero-order chi connectivity index (χ0) is 14.1. The summed E-state index contributed by atoms with van der Waals surface area (Å²) in [5.74, 6) is 0.261. The molecule has 0 bridgehead atoms. The van der Waals surface area contributed by atoms with Crippen molar-refractivity contribution in [2.75, 3.05) is 25.9 Å². The van der Waals surface area contributed by atoms with Crippen LogP contribution < -0.4 is 0 Å². The van der Waals surface area contributed by atoms with Crippen LogP contribution in [0.3, 0.4) is 0 Å². The predicted octanol–water partition coefficient (Wildman–Crippen LogP) is 0.0486. The predicted molar refractivity (Wildman–Crippen MR) is 71.4 cm³/mol. The van der Waals surface area contributed by atoms with E-state index in [1.165, 1.54) is 23.9 Å². The number of aromatic nitrogens is 4. The number of tetrazole rings is 1. The molecule has 0 amide bonds. The Kier molecular flexibility index (Phi) is 3.91. The van der Waals surface area contributed by atoms with Crippen LogP contribution in [-0.4, -0.2) is 59.4 Å². The van der Waals surface area contributed by atoms with Gasteiger partial charge in [0.1, 0.15) is 4.75 Å². The molecule has 0 saturated carbocycles. The fraction of sp³-hybridized carbons (Fsp3) is 0.909. The van der Waals surface area contributed by atoms with Gasteiger partial charge in [0, 0.05) is 12.8 Å². The molecule has 1 fully saturated rings. The fourth-order valence-corrected chi connectivity index (χ4v) is 2.40. The highest BCUT2D eigenvalue weighted by Crippen LogP contribution is 2.24. The van der Waals surface area contributed by atoms with Crippen LogP contribution in [0.25, 0.3) is 0 Å². The van der Waals surface area contributed by atoms with E-state index in [4.69, 9.17) is 0 Å². The van der Waals surface area contributed by atoms with Gasteiger partial charge >= 0.3 is 0 Å². The number of hydrogen-bond donors (Lipinski definition) is 0. The van der Waals surface area contributed by atoms with Gasteiger partial charge in [-0.15, -0.1) is 10.2 Å². The second kappa shape index (κ2) is 5.16. The summed E-state index contributed by atoms with van der Waals surface area (Å²) in [7, 11) is -3.26. The Morgan fingerprint density at radius 3 is 2.42 bits per heavy atom. The van der Waals surface area contributed by atoms with Crippen molar-refractivity contribution in [2.24, 2.45) is 0 Å². The van der Waals surface area contributed by atoms with E-state index in [2.05, 4.69) is 20.3 Å². The minimum atomic E-state index is -3.26. The van der Waals surface area contributed by atoms with Crippen molar-refractivity contribution in [1.82, 2.24) is 25.1 Å². The molecule has 1 aromatic rings. The van der Waals surface area contributed by atoms with Gasteiger partial charge in [-0.3, -0.25) is 0 Å². The first-order valence-corrected chi connectivity index (χ1v) is 8.40. The zero-order valence-electron chi connectivity index (χ0n) is 11.7. The Balaban J connectivity index is 2.02. The van der Waals surface area contributed by atoms with Crippen LogP contribution in [0.5, 0.6) is 0 Å². The van der Waals surface area contributed by atoms with Gasteiger partial charge in [-0.2, -0.15) is 4.80 Å². The standard InChI is InChI=1S/C11H21N5O2S/c1-11(2,19(3,17)18)10-12-14-16(13-10)9-8-15-6-4-5-7-15/h4-9H2,1-3H3. The van der Waals surface area contributed by atoms with Gasteiger partial charge in [0.05, 0.1) is 6.54 Å². The summed E-state index contributed by atoms with van der Waals surface area (Å²) in [4.78, 5) is 3.84. The minimum absolute atomic E-state index is 0.261. The summed E-state index contributed by atoms with van der Waals surface area (Å²) in [6.45, 7) is 6.98.